The molecule has 0 spiro atoms. The Kier molecular flexibility index (Phi) is 5.71. The topological polar surface area (TPSA) is 15.3 Å². The van der Waals surface area contributed by atoms with Crippen molar-refractivity contribution in [3.05, 3.63) is 28.2 Å². The van der Waals surface area contributed by atoms with Crippen LogP contribution in [0, 0.1) is 0 Å². The van der Waals surface area contributed by atoms with E-state index < -0.39 is 0 Å². The van der Waals surface area contributed by atoms with Crippen LogP contribution >= 0.6 is 15.9 Å². The van der Waals surface area contributed by atoms with E-state index in [0.29, 0.717) is 6.04 Å². The fourth-order valence-corrected chi connectivity index (χ4v) is 3.20. The lowest BCUT2D eigenvalue weighted by Crippen LogP contribution is -2.33. The normalized spacial score (nSPS) is 20.4. The van der Waals surface area contributed by atoms with Crippen LogP contribution in [0.4, 0.5) is 5.69 Å². The summed E-state index contributed by atoms with van der Waals surface area (Å²) in [6.07, 6.45) is 5.37. The molecule has 1 aromatic carbocycles. The third kappa shape index (κ3) is 3.96. The largest absolute Gasteiger partial charge is 0.369 e. The number of rotatable bonds is 4. The molecular weight excluding hydrogens is 300 g/mol. The predicted octanol–water partition coefficient (Wildman–Crippen LogP) is 4.33. The number of hydrogen-bond acceptors (Lipinski definition) is 2. The Morgan fingerprint density at radius 2 is 2.16 bits per heavy atom. The van der Waals surface area contributed by atoms with E-state index in [4.69, 9.17) is 0 Å². The summed E-state index contributed by atoms with van der Waals surface area (Å²) in [5.74, 6) is 0. The van der Waals surface area contributed by atoms with Gasteiger partial charge in [-0.3, -0.25) is 0 Å². The molecule has 2 nitrogen and oxygen atoms in total. The first kappa shape index (κ1) is 14.9. The van der Waals surface area contributed by atoms with Crippen LogP contribution in [-0.4, -0.2) is 19.1 Å². The summed E-state index contributed by atoms with van der Waals surface area (Å²) < 4.78 is 1.18. The number of nitrogens with one attached hydrogen (secondary N) is 1. The molecule has 1 atom stereocenters. The van der Waals surface area contributed by atoms with E-state index in [-0.39, 0.29) is 0 Å². The minimum atomic E-state index is 0.650. The van der Waals surface area contributed by atoms with Gasteiger partial charge in [-0.15, -0.1) is 0 Å². The lowest BCUT2D eigenvalue weighted by molar-refractivity contribution is 0.612. The molecule has 106 valence electrons. The predicted molar refractivity (Wildman–Crippen MR) is 86.8 cm³/mol. The van der Waals surface area contributed by atoms with Gasteiger partial charge in [0.05, 0.1) is 0 Å². The van der Waals surface area contributed by atoms with Crippen LogP contribution in [0.15, 0.2) is 22.7 Å². The van der Waals surface area contributed by atoms with Gasteiger partial charge in [0.2, 0.25) is 0 Å². The van der Waals surface area contributed by atoms with E-state index in [0.717, 1.165) is 13.1 Å². The lowest BCUT2D eigenvalue weighted by Gasteiger charge is -2.31. The molecule has 1 aliphatic heterocycles. The molecule has 3 heteroatoms. The van der Waals surface area contributed by atoms with Crippen molar-refractivity contribution < 1.29 is 0 Å². The minimum Gasteiger partial charge on any atom is -0.369 e. The van der Waals surface area contributed by atoms with Crippen LogP contribution in [0.5, 0.6) is 0 Å². The maximum Gasteiger partial charge on any atom is 0.0425 e. The van der Waals surface area contributed by atoms with Gasteiger partial charge >= 0.3 is 0 Å². The van der Waals surface area contributed by atoms with Crippen molar-refractivity contribution in [2.75, 3.05) is 18.0 Å². The highest BCUT2D eigenvalue weighted by molar-refractivity contribution is 9.10. The van der Waals surface area contributed by atoms with Crippen LogP contribution in [0.2, 0.25) is 0 Å². The van der Waals surface area contributed by atoms with Crippen molar-refractivity contribution in [1.82, 2.24) is 5.32 Å². The summed E-state index contributed by atoms with van der Waals surface area (Å²) in [6, 6.07) is 7.34. The van der Waals surface area contributed by atoms with E-state index in [1.54, 1.807) is 0 Å². The second kappa shape index (κ2) is 7.30. The Morgan fingerprint density at radius 3 is 2.95 bits per heavy atom. The van der Waals surface area contributed by atoms with Crippen molar-refractivity contribution in [2.24, 2.45) is 0 Å². The first-order valence-corrected chi connectivity index (χ1v) is 8.27. The Balaban J connectivity index is 2.26. The molecule has 1 aromatic rings. The average Bonchev–Trinajstić information content (AvgIpc) is 2.62. The number of hydrogen-bond donors (Lipinski definition) is 1. The van der Waals surface area contributed by atoms with E-state index in [1.165, 1.54) is 48.0 Å². The molecule has 1 fully saturated rings. The maximum absolute atomic E-state index is 3.62. The van der Waals surface area contributed by atoms with Crippen molar-refractivity contribution in [2.45, 2.75) is 52.1 Å². The molecule has 0 aliphatic carbocycles. The molecule has 1 unspecified atom stereocenters. The van der Waals surface area contributed by atoms with E-state index in [2.05, 4.69) is 58.2 Å². The fraction of sp³-hybridized carbons (Fsp3) is 0.625. The Bertz CT molecular complexity index is 406. The number of nitrogens with zero attached hydrogens (tertiary/aromatic N) is 1. The quantitative estimate of drug-likeness (QED) is 0.886. The molecule has 19 heavy (non-hydrogen) atoms. The van der Waals surface area contributed by atoms with Crippen LogP contribution in [0.3, 0.4) is 0 Å². The molecule has 1 saturated heterocycles. The summed E-state index contributed by atoms with van der Waals surface area (Å²) in [5, 5.41) is 3.45. The molecular formula is C16H25BrN2. The Hall–Kier alpha value is -0.540. The highest BCUT2D eigenvalue weighted by atomic mass is 79.9. The molecule has 0 radical (unpaired) electrons. The first-order valence-electron chi connectivity index (χ1n) is 7.48. The van der Waals surface area contributed by atoms with E-state index in [9.17, 15) is 0 Å². The van der Waals surface area contributed by atoms with Gasteiger partial charge in [0.1, 0.15) is 0 Å². The van der Waals surface area contributed by atoms with Gasteiger partial charge in [-0.1, -0.05) is 41.8 Å². The molecule has 2 rings (SSSR count). The zero-order chi connectivity index (χ0) is 13.7. The van der Waals surface area contributed by atoms with Gasteiger partial charge in [0, 0.05) is 29.3 Å². The van der Waals surface area contributed by atoms with Crippen molar-refractivity contribution in [1.29, 1.82) is 0 Å². The average molecular weight is 325 g/mol. The Labute approximate surface area is 125 Å². The van der Waals surface area contributed by atoms with Crippen LogP contribution in [0.25, 0.3) is 0 Å². The molecule has 1 N–H and O–H groups in total. The zero-order valence-electron chi connectivity index (χ0n) is 12.1. The van der Waals surface area contributed by atoms with Gasteiger partial charge in [-0.25, -0.2) is 0 Å². The van der Waals surface area contributed by atoms with Crippen molar-refractivity contribution >= 4 is 21.6 Å². The monoisotopic (exact) mass is 324 g/mol. The van der Waals surface area contributed by atoms with Gasteiger partial charge < -0.3 is 10.2 Å². The van der Waals surface area contributed by atoms with Crippen molar-refractivity contribution in [3.63, 3.8) is 0 Å². The van der Waals surface area contributed by atoms with Crippen LogP contribution in [-0.2, 0) is 6.54 Å². The second-order valence-electron chi connectivity index (χ2n) is 5.45. The highest BCUT2D eigenvalue weighted by Gasteiger charge is 2.19. The summed E-state index contributed by atoms with van der Waals surface area (Å²) in [5.41, 5.74) is 2.82. The summed E-state index contributed by atoms with van der Waals surface area (Å²) in [6.45, 7) is 7.69. The number of benzene rings is 1. The van der Waals surface area contributed by atoms with Gasteiger partial charge in [0.15, 0.2) is 0 Å². The third-order valence-corrected chi connectivity index (χ3v) is 4.47. The molecule has 0 aromatic heterocycles. The SMILES string of the molecule is CCNCc1ccc(Br)cc1N1CCCCCC1C. The minimum absolute atomic E-state index is 0.650. The lowest BCUT2D eigenvalue weighted by atomic mass is 10.1. The molecule has 0 saturated carbocycles. The second-order valence-corrected chi connectivity index (χ2v) is 6.36. The van der Waals surface area contributed by atoms with Crippen LogP contribution < -0.4 is 10.2 Å². The zero-order valence-corrected chi connectivity index (χ0v) is 13.7. The number of halogens is 1. The highest BCUT2D eigenvalue weighted by Crippen LogP contribution is 2.30. The third-order valence-electron chi connectivity index (χ3n) is 3.98. The molecule has 1 heterocycles. The standard InChI is InChI=1S/C16H25BrN2/c1-3-18-12-14-8-9-15(17)11-16(14)19-10-6-4-5-7-13(19)2/h8-9,11,13,18H,3-7,10,12H2,1-2H3. The molecule has 0 amide bonds. The summed E-state index contributed by atoms with van der Waals surface area (Å²) >= 11 is 3.62. The Morgan fingerprint density at radius 1 is 1.32 bits per heavy atom. The molecule has 1 aliphatic rings. The van der Waals surface area contributed by atoms with Crippen molar-refractivity contribution in [3.8, 4) is 0 Å². The fourth-order valence-electron chi connectivity index (χ4n) is 2.85. The van der Waals surface area contributed by atoms with Crippen LogP contribution in [0.1, 0.15) is 45.1 Å². The first-order chi connectivity index (χ1) is 9.22. The maximum atomic E-state index is 3.62. The molecule has 0 bridgehead atoms. The van der Waals surface area contributed by atoms with E-state index in [1.807, 2.05) is 0 Å². The summed E-state index contributed by atoms with van der Waals surface area (Å²) in [7, 11) is 0. The van der Waals surface area contributed by atoms with Gasteiger partial charge in [-0.05, 0) is 44.0 Å². The van der Waals surface area contributed by atoms with Gasteiger partial charge in [-0.2, -0.15) is 0 Å². The number of anilines is 1. The smallest absolute Gasteiger partial charge is 0.0425 e. The van der Waals surface area contributed by atoms with E-state index >= 15 is 0 Å². The summed E-state index contributed by atoms with van der Waals surface area (Å²) in [4.78, 5) is 2.60. The van der Waals surface area contributed by atoms with Gasteiger partial charge in [0.25, 0.3) is 0 Å².